The van der Waals surface area contributed by atoms with E-state index < -0.39 is 0 Å². The SMILES string of the molecule is CN(Cc1ccc(Cl)s1)CC(C)(C)CN.Cl. The van der Waals surface area contributed by atoms with Crippen LogP contribution in [0.25, 0.3) is 0 Å². The van der Waals surface area contributed by atoms with Gasteiger partial charge in [0.15, 0.2) is 0 Å². The minimum atomic E-state index is 0. The van der Waals surface area contributed by atoms with Crippen molar-refractivity contribution in [3.63, 3.8) is 0 Å². The van der Waals surface area contributed by atoms with Gasteiger partial charge in [0.05, 0.1) is 4.34 Å². The lowest BCUT2D eigenvalue weighted by molar-refractivity contribution is 0.211. The Morgan fingerprint density at radius 1 is 1.44 bits per heavy atom. The number of nitrogens with zero attached hydrogens (tertiary/aromatic N) is 1. The number of halogens is 2. The molecule has 5 heteroatoms. The molecule has 1 aromatic heterocycles. The van der Waals surface area contributed by atoms with Gasteiger partial charge in [-0.1, -0.05) is 25.4 Å². The molecule has 0 saturated carbocycles. The highest BCUT2D eigenvalue weighted by Gasteiger charge is 2.18. The molecular formula is C11H20Cl2N2S. The molecule has 16 heavy (non-hydrogen) atoms. The highest BCUT2D eigenvalue weighted by Crippen LogP contribution is 2.23. The fraction of sp³-hybridized carbons (Fsp3) is 0.636. The summed E-state index contributed by atoms with van der Waals surface area (Å²) >= 11 is 7.53. The lowest BCUT2D eigenvalue weighted by atomic mass is 9.93. The van der Waals surface area contributed by atoms with Crippen molar-refractivity contribution >= 4 is 35.3 Å². The first-order chi connectivity index (χ1) is 6.93. The van der Waals surface area contributed by atoms with E-state index in [9.17, 15) is 0 Å². The summed E-state index contributed by atoms with van der Waals surface area (Å²) in [4.78, 5) is 3.59. The third kappa shape index (κ3) is 5.51. The molecule has 0 saturated heterocycles. The van der Waals surface area contributed by atoms with Gasteiger partial charge in [-0.05, 0) is 31.1 Å². The summed E-state index contributed by atoms with van der Waals surface area (Å²) in [5.74, 6) is 0. The molecule has 2 N–H and O–H groups in total. The summed E-state index contributed by atoms with van der Waals surface area (Å²) in [5.41, 5.74) is 5.88. The van der Waals surface area contributed by atoms with Crippen molar-refractivity contribution < 1.29 is 0 Å². The Morgan fingerprint density at radius 3 is 2.50 bits per heavy atom. The fourth-order valence-corrected chi connectivity index (χ4v) is 2.72. The highest BCUT2D eigenvalue weighted by atomic mass is 35.5. The second-order valence-corrected chi connectivity index (χ2v) is 6.55. The molecule has 0 bridgehead atoms. The highest BCUT2D eigenvalue weighted by molar-refractivity contribution is 7.16. The van der Waals surface area contributed by atoms with Gasteiger partial charge in [-0.3, -0.25) is 0 Å². The third-order valence-electron chi connectivity index (χ3n) is 2.31. The van der Waals surface area contributed by atoms with Crippen molar-refractivity contribution in [1.29, 1.82) is 0 Å². The molecule has 0 aliphatic rings. The van der Waals surface area contributed by atoms with Gasteiger partial charge < -0.3 is 10.6 Å². The Bertz CT molecular complexity index is 313. The largest absolute Gasteiger partial charge is 0.330 e. The Labute approximate surface area is 113 Å². The van der Waals surface area contributed by atoms with Crippen LogP contribution in [-0.4, -0.2) is 25.0 Å². The summed E-state index contributed by atoms with van der Waals surface area (Å²) in [6.45, 7) is 7.03. The minimum absolute atomic E-state index is 0. The molecule has 1 aromatic rings. The average molecular weight is 283 g/mol. The number of hydrogen-bond donors (Lipinski definition) is 1. The number of nitrogens with two attached hydrogens (primary N) is 1. The maximum absolute atomic E-state index is 5.88. The summed E-state index contributed by atoms with van der Waals surface area (Å²) in [6, 6.07) is 4.03. The third-order valence-corrected chi connectivity index (χ3v) is 3.52. The fourth-order valence-electron chi connectivity index (χ4n) is 1.55. The van der Waals surface area contributed by atoms with Crippen molar-refractivity contribution in [2.45, 2.75) is 20.4 Å². The van der Waals surface area contributed by atoms with E-state index in [0.29, 0.717) is 6.54 Å². The Kier molecular flexibility index (Phi) is 6.90. The van der Waals surface area contributed by atoms with E-state index in [0.717, 1.165) is 17.4 Å². The van der Waals surface area contributed by atoms with Crippen LogP contribution in [0.2, 0.25) is 4.34 Å². The zero-order valence-electron chi connectivity index (χ0n) is 10.00. The number of rotatable bonds is 5. The molecule has 0 spiro atoms. The predicted molar refractivity (Wildman–Crippen MR) is 75.7 cm³/mol. The summed E-state index contributed by atoms with van der Waals surface area (Å²) < 4.78 is 0.858. The van der Waals surface area contributed by atoms with Gasteiger partial charge >= 0.3 is 0 Å². The van der Waals surface area contributed by atoms with E-state index in [-0.39, 0.29) is 17.8 Å². The first-order valence-corrected chi connectivity index (χ1v) is 6.25. The van der Waals surface area contributed by atoms with E-state index in [1.165, 1.54) is 4.88 Å². The number of hydrogen-bond acceptors (Lipinski definition) is 3. The zero-order valence-corrected chi connectivity index (χ0v) is 12.4. The van der Waals surface area contributed by atoms with Crippen LogP contribution >= 0.6 is 35.3 Å². The molecule has 1 heterocycles. The quantitative estimate of drug-likeness (QED) is 0.899. The van der Waals surface area contributed by atoms with Crippen LogP contribution in [0.4, 0.5) is 0 Å². The van der Waals surface area contributed by atoms with E-state index in [2.05, 4.69) is 31.9 Å². The van der Waals surface area contributed by atoms with E-state index in [1.54, 1.807) is 11.3 Å². The molecule has 0 radical (unpaired) electrons. The predicted octanol–water partition coefficient (Wildman–Crippen LogP) is 3.24. The van der Waals surface area contributed by atoms with Gasteiger partial charge in [0.1, 0.15) is 0 Å². The van der Waals surface area contributed by atoms with Gasteiger partial charge in [-0.25, -0.2) is 0 Å². The van der Waals surface area contributed by atoms with Gasteiger partial charge in [0.25, 0.3) is 0 Å². The van der Waals surface area contributed by atoms with Crippen molar-refractivity contribution in [1.82, 2.24) is 4.90 Å². The molecule has 2 nitrogen and oxygen atoms in total. The second kappa shape index (κ2) is 6.82. The first kappa shape index (κ1) is 16.2. The topological polar surface area (TPSA) is 29.3 Å². The molecule has 94 valence electrons. The van der Waals surface area contributed by atoms with E-state index >= 15 is 0 Å². The molecule has 0 aliphatic heterocycles. The van der Waals surface area contributed by atoms with Crippen molar-refractivity contribution in [2.75, 3.05) is 20.1 Å². The zero-order chi connectivity index (χ0) is 11.5. The lowest BCUT2D eigenvalue weighted by Crippen LogP contribution is -2.36. The molecule has 0 aliphatic carbocycles. The van der Waals surface area contributed by atoms with Crippen LogP contribution in [0.1, 0.15) is 18.7 Å². The monoisotopic (exact) mass is 282 g/mol. The van der Waals surface area contributed by atoms with Crippen LogP contribution < -0.4 is 5.73 Å². The average Bonchev–Trinajstić information content (AvgIpc) is 2.50. The van der Waals surface area contributed by atoms with Gasteiger partial charge in [0, 0.05) is 18.0 Å². The maximum atomic E-state index is 5.88. The number of thiophene rings is 1. The second-order valence-electron chi connectivity index (χ2n) is 4.75. The first-order valence-electron chi connectivity index (χ1n) is 5.06. The van der Waals surface area contributed by atoms with E-state index in [1.807, 2.05) is 6.07 Å². The standard InChI is InChI=1S/C11H19ClN2S.ClH/c1-11(2,7-13)8-14(3)6-9-4-5-10(12)15-9;/h4-5H,6-8,13H2,1-3H3;1H. The Hall–Kier alpha value is 0.200. The summed E-state index contributed by atoms with van der Waals surface area (Å²) in [6.07, 6.45) is 0. The van der Waals surface area contributed by atoms with Crippen LogP contribution in [0.15, 0.2) is 12.1 Å². The minimum Gasteiger partial charge on any atom is -0.330 e. The smallest absolute Gasteiger partial charge is 0.0931 e. The maximum Gasteiger partial charge on any atom is 0.0931 e. The lowest BCUT2D eigenvalue weighted by Gasteiger charge is -2.28. The van der Waals surface area contributed by atoms with Gasteiger partial charge in [-0.15, -0.1) is 23.7 Å². The van der Waals surface area contributed by atoms with Crippen molar-refractivity contribution in [2.24, 2.45) is 11.1 Å². The molecule has 0 atom stereocenters. The van der Waals surface area contributed by atoms with Gasteiger partial charge in [0.2, 0.25) is 0 Å². The van der Waals surface area contributed by atoms with Crippen LogP contribution in [-0.2, 0) is 6.54 Å². The van der Waals surface area contributed by atoms with Crippen LogP contribution in [0.5, 0.6) is 0 Å². The Morgan fingerprint density at radius 2 is 2.06 bits per heavy atom. The van der Waals surface area contributed by atoms with Gasteiger partial charge in [-0.2, -0.15) is 0 Å². The van der Waals surface area contributed by atoms with E-state index in [4.69, 9.17) is 17.3 Å². The van der Waals surface area contributed by atoms with Crippen molar-refractivity contribution in [3.05, 3.63) is 21.3 Å². The molecular weight excluding hydrogens is 263 g/mol. The van der Waals surface area contributed by atoms with Crippen LogP contribution in [0.3, 0.4) is 0 Å². The van der Waals surface area contributed by atoms with Crippen molar-refractivity contribution in [3.8, 4) is 0 Å². The molecule has 0 fully saturated rings. The summed E-state index contributed by atoms with van der Waals surface area (Å²) in [5, 5.41) is 0. The normalized spacial score (nSPS) is 11.6. The Balaban J connectivity index is 0.00000225. The summed E-state index contributed by atoms with van der Waals surface area (Å²) in [7, 11) is 2.12. The molecule has 0 aromatic carbocycles. The molecule has 0 unspecified atom stereocenters. The molecule has 1 rings (SSSR count). The molecule has 0 amide bonds. The van der Waals surface area contributed by atoms with Crippen LogP contribution in [0, 0.1) is 5.41 Å².